The Morgan fingerprint density at radius 3 is 2.83 bits per heavy atom. The Bertz CT molecular complexity index is 299. The summed E-state index contributed by atoms with van der Waals surface area (Å²) in [6.07, 6.45) is 1.70. The van der Waals surface area contributed by atoms with Gasteiger partial charge in [0.2, 0.25) is 0 Å². The van der Waals surface area contributed by atoms with Crippen LogP contribution in [-0.2, 0) is 4.79 Å². The van der Waals surface area contributed by atoms with Crippen LogP contribution in [0.25, 0.3) is 0 Å². The number of para-hydroxylation sites is 1. The van der Waals surface area contributed by atoms with Crippen molar-refractivity contribution in [3.8, 4) is 0 Å². The number of aldehydes is 1. The highest BCUT2D eigenvalue weighted by atomic mass is 35.5. The molecule has 62 valence electrons. The smallest absolute Gasteiger partial charge is 0.162 e. The van der Waals surface area contributed by atoms with Crippen LogP contribution in [0.2, 0.25) is 5.02 Å². The molecule has 0 amide bonds. The van der Waals surface area contributed by atoms with Crippen molar-refractivity contribution in [2.75, 3.05) is 5.43 Å². The maximum absolute atomic E-state index is 9.86. The molecule has 1 N–H and O–H groups in total. The summed E-state index contributed by atoms with van der Waals surface area (Å²) in [4.78, 5) is 9.86. The molecule has 0 aliphatic heterocycles. The van der Waals surface area contributed by atoms with Crippen LogP contribution in [0, 0.1) is 0 Å². The summed E-state index contributed by atoms with van der Waals surface area (Å²) < 4.78 is 0. The zero-order valence-corrected chi connectivity index (χ0v) is 6.95. The van der Waals surface area contributed by atoms with Crippen molar-refractivity contribution in [2.24, 2.45) is 5.10 Å². The molecule has 0 saturated carbocycles. The molecule has 1 aromatic rings. The Labute approximate surface area is 75.0 Å². The van der Waals surface area contributed by atoms with E-state index in [9.17, 15) is 4.79 Å². The van der Waals surface area contributed by atoms with Gasteiger partial charge in [-0.1, -0.05) is 23.7 Å². The Morgan fingerprint density at radius 1 is 1.42 bits per heavy atom. The van der Waals surface area contributed by atoms with E-state index in [0.717, 1.165) is 6.21 Å². The van der Waals surface area contributed by atoms with Gasteiger partial charge in [0.15, 0.2) is 6.29 Å². The second-order valence-electron chi connectivity index (χ2n) is 2.01. The van der Waals surface area contributed by atoms with Gasteiger partial charge in [0.1, 0.15) is 0 Å². The first-order chi connectivity index (χ1) is 5.84. The van der Waals surface area contributed by atoms with Gasteiger partial charge in [-0.3, -0.25) is 10.2 Å². The van der Waals surface area contributed by atoms with Crippen LogP contribution in [-0.4, -0.2) is 12.5 Å². The zero-order chi connectivity index (χ0) is 8.81. The van der Waals surface area contributed by atoms with E-state index in [0.29, 0.717) is 17.0 Å². The number of anilines is 1. The highest BCUT2D eigenvalue weighted by Crippen LogP contribution is 2.19. The summed E-state index contributed by atoms with van der Waals surface area (Å²) in [7, 11) is 0. The van der Waals surface area contributed by atoms with Gasteiger partial charge in [-0.15, -0.1) is 0 Å². The fraction of sp³-hybridized carbons (Fsp3) is 0. The van der Waals surface area contributed by atoms with Crippen molar-refractivity contribution >= 4 is 29.8 Å². The number of nitrogens with one attached hydrogen (secondary N) is 1. The molecule has 0 aliphatic carbocycles. The average Bonchev–Trinajstić information content (AvgIpc) is 2.09. The van der Waals surface area contributed by atoms with Gasteiger partial charge in [-0.2, -0.15) is 5.10 Å². The third-order valence-electron chi connectivity index (χ3n) is 1.19. The Kier molecular flexibility index (Phi) is 3.29. The largest absolute Gasteiger partial charge is 0.297 e. The van der Waals surface area contributed by atoms with Crippen LogP contribution in [0.1, 0.15) is 0 Å². The Morgan fingerprint density at radius 2 is 2.17 bits per heavy atom. The number of hydrazone groups is 1. The van der Waals surface area contributed by atoms with Crippen LogP contribution in [0.4, 0.5) is 5.69 Å². The molecule has 0 bridgehead atoms. The lowest BCUT2D eigenvalue weighted by Gasteiger charge is -2.00. The van der Waals surface area contributed by atoms with E-state index < -0.39 is 0 Å². The highest BCUT2D eigenvalue weighted by molar-refractivity contribution is 6.33. The third-order valence-corrected chi connectivity index (χ3v) is 1.52. The molecule has 0 radical (unpaired) electrons. The predicted octanol–water partition coefficient (Wildman–Crippen LogP) is 1.94. The zero-order valence-electron chi connectivity index (χ0n) is 6.20. The molecule has 0 heterocycles. The first kappa shape index (κ1) is 8.74. The fourth-order valence-corrected chi connectivity index (χ4v) is 0.867. The molecular weight excluding hydrogens is 176 g/mol. The summed E-state index contributed by atoms with van der Waals surface area (Å²) in [5.41, 5.74) is 3.30. The van der Waals surface area contributed by atoms with Crippen LogP contribution in [0.3, 0.4) is 0 Å². The van der Waals surface area contributed by atoms with E-state index in [4.69, 9.17) is 11.6 Å². The van der Waals surface area contributed by atoms with Gasteiger partial charge in [-0.05, 0) is 12.1 Å². The fourth-order valence-electron chi connectivity index (χ4n) is 0.689. The highest BCUT2D eigenvalue weighted by Gasteiger charge is 1.93. The molecule has 0 aliphatic rings. The second kappa shape index (κ2) is 4.51. The molecule has 0 unspecified atom stereocenters. The van der Waals surface area contributed by atoms with E-state index in [-0.39, 0.29) is 0 Å². The summed E-state index contributed by atoms with van der Waals surface area (Å²) >= 11 is 5.78. The van der Waals surface area contributed by atoms with Gasteiger partial charge < -0.3 is 0 Å². The minimum absolute atomic E-state index is 0.570. The molecule has 12 heavy (non-hydrogen) atoms. The van der Waals surface area contributed by atoms with E-state index in [1.807, 2.05) is 12.1 Å². The number of carbonyl (C=O) groups excluding carboxylic acids is 1. The molecular formula is C8H7ClN2O. The summed E-state index contributed by atoms with van der Waals surface area (Å²) in [5.74, 6) is 0. The maximum Gasteiger partial charge on any atom is 0.162 e. The van der Waals surface area contributed by atoms with Crippen LogP contribution in [0.5, 0.6) is 0 Å². The van der Waals surface area contributed by atoms with E-state index in [1.165, 1.54) is 0 Å². The number of hydrogen-bond donors (Lipinski definition) is 1. The summed E-state index contributed by atoms with van der Waals surface area (Å²) in [5, 5.41) is 4.16. The topological polar surface area (TPSA) is 41.5 Å². The van der Waals surface area contributed by atoms with E-state index in [1.54, 1.807) is 12.1 Å². The molecule has 4 heteroatoms. The van der Waals surface area contributed by atoms with Gasteiger partial charge in [0.25, 0.3) is 0 Å². The van der Waals surface area contributed by atoms with Gasteiger partial charge >= 0.3 is 0 Å². The number of benzene rings is 1. The Hall–Kier alpha value is -1.35. The first-order valence-electron chi connectivity index (χ1n) is 3.32. The third kappa shape index (κ3) is 2.36. The van der Waals surface area contributed by atoms with Crippen molar-refractivity contribution < 1.29 is 4.79 Å². The quantitative estimate of drug-likeness (QED) is 0.441. The van der Waals surface area contributed by atoms with Crippen LogP contribution >= 0.6 is 11.6 Å². The van der Waals surface area contributed by atoms with Crippen LogP contribution in [0.15, 0.2) is 29.4 Å². The standard InChI is InChI=1S/C8H7ClN2O/c9-7-3-1-2-4-8(7)11-10-5-6-12/h1-6,11H/b10-5+. The Balaban J connectivity index is 2.69. The second-order valence-corrected chi connectivity index (χ2v) is 2.41. The lowest BCUT2D eigenvalue weighted by atomic mass is 10.3. The average molecular weight is 183 g/mol. The van der Waals surface area contributed by atoms with Gasteiger partial charge in [-0.25, -0.2) is 0 Å². The molecule has 0 spiro atoms. The number of halogens is 1. The molecule has 3 nitrogen and oxygen atoms in total. The van der Waals surface area contributed by atoms with E-state index in [2.05, 4.69) is 10.5 Å². The van der Waals surface area contributed by atoms with Crippen LogP contribution < -0.4 is 5.43 Å². The van der Waals surface area contributed by atoms with Crippen molar-refractivity contribution in [1.82, 2.24) is 0 Å². The number of rotatable bonds is 3. The van der Waals surface area contributed by atoms with Crippen molar-refractivity contribution in [3.63, 3.8) is 0 Å². The van der Waals surface area contributed by atoms with Crippen molar-refractivity contribution in [3.05, 3.63) is 29.3 Å². The van der Waals surface area contributed by atoms with Gasteiger partial charge in [0, 0.05) is 0 Å². The SMILES string of the molecule is O=C/C=N/Nc1ccccc1Cl. The van der Waals surface area contributed by atoms with Crippen molar-refractivity contribution in [2.45, 2.75) is 0 Å². The van der Waals surface area contributed by atoms with E-state index >= 15 is 0 Å². The number of hydrogen-bond acceptors (Lipinski definition) is 3. The predicted molar refractivity (Wildman–Crippen MR) is 49.6 cm³/mol. The lowest BCUT2D eigenvalue weighted by molar-refractivity contribution is -0.102. The number of nitrogens with zero attached hydrogens (tertiary/aromatic N) is 1. The molecule has 0 saturated heterocycles. The number of carbonyl (C=O) groups is 1. The normalized spacial score (nSPS) is 10.1. The summed E-state index contributed by atoms with van der Waals surface area (Å²) in [6.45, 7) is 0. The minimum Gasteiger partial charge on any atom is -0.297 e. The minimum atomic E-state index is 0.570. The monoisotopic (exact) mass is 182 g/mol. The molecule has 0 aromatic heterocycles. The molecule has 0 atom stereocenters. The lowest BCUT2D eigenvalue weighted by Crippen LogP contribution is -1.89. The van der Waals surface area contributed by atoms with Crippen molar-refractivity contribution in [1.29, 1.82) is 0 Å². The van der Waals surface area contributed by atoms with Gasteiger partial charge in [0.05, 0.1) is 16.9 Å². The first-order valence-corrected chi connectivity index (χ1v) is 3.70. The molecule has 1 aromatic carbocycles. The summed E-state index contributed by atoms with van der Waals surface area (Å²) in [6, 6.07) is 7.15. The molecule has 0 fully saturated rings. The maximum atomic E-state index is 9.86. The molecule has 1 rings (SSSR count).